The van der Waals surface area contributed by atoms with E-state index < -0.39 is 17.8 Å². The van der Waals surface area contributed by atoms with Gasteiger partial charge in [0, 0.05) is 11.6 Å². The van der Waals surface area contributed by atoms with Gasteiger partial charge in [0.05, 0.1) is 0 Å². The first-order valence-corrected chi connectivity index (χ1v) is 4.62. The van der Waals surface area contributed by atoms with Gasteiger partial charge in [0.2, 0.25) is 0 Å². The van der Waals surface area contributed by atoms with Crippen LogP contribution in [0.4, 0.5) is 13.2 Å². The predicted molar refractivity (Wildman–Crippen MR) is 49.7 cm³/mol. The molecule has 0 amide bonds. The Bertz CT molecular complexity index is 238. The average molecular weight is 205 g/mol. The van der Waals surface area contributed by atoms with Crippen molar-refractivity contribution < 1.29 is 13.2 Å². The topological polar surface area (TPSA) is 26.0 Å². The first-order valence-electron chi connectivity index (χ1n) is 4.62. The zero-order valence-corrected chi connectivity index (χ0v) is 7.85. The summed E-state index contributed by atoms with van der Waals surface area (Å²) in [5.74, 6) is -0.0113. The summed E-state index contributed by atoms with van der Waals surface area (Å²) < 4.78 is 37.4. The van der Waals surface area contributed by atoms with Gasteiger partial charge in [0.25, 0.3) is 0 Å². The van der Waals surface area contributed by atoms with Crippen LogP contribution in [-0.4, -0.2) is 12.2 Å². The zero-order chi connectivity index (χ0) is 10.8. The van der Waals surface area contributed by atoms with E-state index in [9.17, 15) is 13.2 Å². The van der Waals surface area contributed by atoms with Gasteiger partial charge < -0.3 is 5.73 Å². The maximum absolute atomic E-state index is 12.5. The van der Waals surface area contributed by atoms with Gasteiger partial charge in [-0.3, -0.25) is 0 Å². The van der Waals surface area contributed by atoms with E-state index in [2.05, 4.69) is 6.58 Å². The van der Waals surface area contributed by atoms with Crippen molar-refractivity contribution in [2.45, 2.75) is 31.5 Å². The summed E-state index contributed by atoms with van der Waals surface area (Å²) in [7, 11) is 0. The van der Waals surface area contributed by atoms with E-state index in [-0.39, 0.29) is 5.92 Å². The predicted octanol–water partition coefficient (Wildman–Crippen LogP) is 2.79. The summed E-state index contributed by atoms with van der Waals surface area (Å²) in [6, 6.07) is -0.887. The average Bonchev–Trinajstić information content (AvgIpc) is 1.93. The Morgan fingerprint density at radius 2 is 2.00 bits per heavy atom. The van der Waals surface area contributed by atoms with Crippen LogP contribution in [0.3, 0.4) is 0 Å². The highest BCUT2D eigenvalue weighted by Gasteiger charge is 2.40. The molecule has 1 fully saturated rings. The summed E-state index contributed by atoms with van der Waals surface area (Å²) in [6.07, 6.45) is 0.364. The van der Waals surface area contributed by atoms with Crippen molar-refractivity contribution in [3.8, 4) is 0 Å². The molecule has 0 saturated heterocycles. The molecule has 0 heterocycles. The van der Waals surface area contributed by atoms with Crippen molar-refractivity contribution in [3.63, 3.8) is 0 Å². The summed E-state index contributed by atoms with van der Waals surface area (Å²) in [4.78, 5) is 0. The van der Waals surface area contributed by atoms with E-state index in [1.54, 1.807) is 0 Å². The van der Waals surface area contributed by atoms with Gasteiger partial charge in [-0.25, -0.2) is 0 Å². The van der Waals surface area contributed by atoms with E-state index in [0.717, 1.165) is 31.4 Å². The fraction of sp³-hybridized carbons (Fsp3) is 0.600. The number of hydrogen-bond donors (Lipinski definition) is 1. The van der Waals surface area contributed by atoms with Crippen LogP contribution in [0.15, 0.2) is 24.3 Å². The summed E-state index contributed by atoms with van der Waals surface area (Å²) >= 11 is 0. The molecule has 1 nitrogen and oxygen atoms in total. The van der Waals surface area contributed by atoms with Gasteiger partial charge in [-0.2, -0.15) is 13.2 Å². The van der Waals surface area contributed by atoms with E-state index in [0.29, 0.717) is 0 Å². The number of hydrogen-bond acceptors (Lipinski definition) is 1. The molecular weight excluding hydrogens is 191 g/mol. The van der Waals surface area contributed by atoms with E-state index in [4.69, 9.17) is 5.73 Å². The molecule has 0 aromatic rings. The molecule has 0 aliphatic heterocycles. The summed E-state index contributed by atoms with van der Waals surface area (Å²) in [5, 5.41) is 0. The molecule has 1 saturated carbocycles. The van der Waals surface area contributed by atoms with Gasteiger partial charge in [-0.1, -0.05) is 25.2 Å². The molecule has 14 heavy (non-hydrogen) atoms. The van der Waals surface area contributed by atoms with Crippen LogP contribution in [0.2, 0.25) is 0 Å². The van der Waals surface area contributed by atoms with Crippen LogP contribution < -0.4 is 5.73 Å². The SMILES string of the molecule is C=C/C=C(\C(N)C1CCC1)C(F)(F)F. The highest BCUT2D eigenvalue weighted by Crippen LogP contribution is 2.37. The summed E-state index contributed by atoms with van der Waals surface area (Å²) in [6.45, 7) is 3.27. The number of nitrogens with two attached hydrogens (primary N) is 1. The van der Waals surface area contributed by atoms with Gasteiger partial charge in [-0.05, 0) is 18.8 Å². The first kappa shape index (κ1) is 11.3. The third-order valence-corrected chi connectivity index (χ3v) is 2.64. The van der Waals surface area contributed by atoms with Crippen LogP contribution in [0.25, 0.3) is 0 Å². The quantitative estimate of drug-likeness (QED) is 0.704. The highest BCUT2D eigenvalue weighted by molar-refractivity contribution is 5.22. The maximum atomic E-state index is 12.5. The smallest absolute Gasteiger partial charge is 0.324 e. The molecule has 0 radical (unpaired) electrons. The lowest BCUT2D eigenvalue weighted by Gasteiger charge is -2.33. The molecular formula is C10H14F3N. The molecule has 80 valence electrons. The van der Waals surface area contributed by atoms with Crippen molar-refractivity contribution in [1.29, 1.82) is 0 Å². The van der Waals surface area contributed by atoms with Crippen molar-refractivity contribution in [1.82, 2.24) is 0 Å². The minimum atomic E-state index is -4.33. The van der Waals surface area contributed by atoms with Gasteiger partial charge in [0.1, 0.15) is 0 Å². The molecule has 0 aromatic heterocycles. The normalized spacial score (nSPS) is 21.6. The zero-order valence-electron chi connectivity index (χ0n) is 7.85. The molecule has 1 aliphatic rings. The van der Waals surface area contributed by atoms with Crippen LogP contribution in [0.1, 0.15) is 19.3 Å². The molecule has 4 heteroatoms. The molecule has 0 spiro atoms. The minimum Gasteiger partial charge on any atom is -0.324 e. The second-order valence-corrected chi connectivity index (χ2v) is 3.57. The number of alkyl halides is 3. The number of halogens is 3. The molecule has 1 rings (SSSR count). The lowest BCUT2D eigenvalue weighted by Crippen LogP contribution is -2.40. The minimum absolute atomic E-state index is 0.0113. The van der Waals surface area contributed by atoms with Crippen molar-refractivity contribution in [2.24, 2.45) is 11.7 Å². The van der Waals surface area contributed by atoms with Crippen LogP contribution in [-0.2, 0) is 0 Å². The largest absolute Gasteiger partial charge is 0.414 e. The second kappa shape index (κ2) is 4.17. The Morgan fingerprint density at radius 1 is 1.43 bits per heavy atom. The molecule has 0 bridgehead atoms. The molecule has 1 unspecified atom stereocenters. The monoisotopic (exact) mass is 205 g/mol. The fourth-order valence-corrected chi connectivity index (χ4v) is 1.57. The Hall–Kier alpha value is -0.770. The number of rotatable bonds is 3. The molecule has 0 aromatic carbocycles. The molecule has 1 aliphatic carbocycles. The fourth-order valence-electron chi connectivity index (χ4n) is 1.57. The molecule has 2 N–H and O–H groups in total. The lowest BCUT2D eigenvalue weighted by molar-refractivity contribution is -0.0982. The highest BCUT2D eigenvalue weighted by atomic mass is 19.4. The van der Waals surface area contributed by atoms with Crippen molar-refractivity contribution in [2.75, 3.05) is 0 Å². The van der Waals surface area contributed by atoms with Crippen molar-refractivity contribution >= 4 is 0 Å². The van der Waals surface area contributed by atoms with Gasteiger partial charge in [0.15, 0.2) is 0 Å². The Labute approximate surface area is 81.5 Å². The standard InChI is InChI=1S/C10H14F3N/c1-2-4-8(10(11,12)13)9(14)7-5-3-6-7/h2,4,7,9H,1,3,5-6,14H2/b8-4+. The summed E-state index contributed by atoms with van der Waals surface area (Å²) in [5.41, 5.74) is 4.90. The molecule has 1 atom stereocenters. The Balaban J connectivity index is 2.76. The van der Waals surface area contributed by atoms with Crippen LogP contribution in [0.5, 0.6) is 0 Å². The Morgan fingerprint density at radius 3 is 2.29 bits per heavy atom. The number of allylic oxidation sites excluding steroid dienone is 2. The maximum Gasteiger partial charge on any atom is 0.414 e. The van der Waals surface area contributed by atoms with Gasteiger partial charge >= 0.3 is 6.18 Å². The first-order chi connectivity index (χ1) is 6.46. The second-order valence-electron chi connectivity index (χ2n) is 3.57. The Kier molecular flexibility index (Phi) is 3.37. The van der Waals surface area contributed by atoms with E-state index in [1.165, 1.54) is 0 Å². The van der Waals surface area contributed by atoms with Crippen LogP contribution in [0, 0.1) is 5.92 Å². The third kappa shape index (κ3) is 2.38. The van der Waals surface area contributed by atoms with E-state index in [1.807, 2.05) is 0 Å². The van der Waals surface area contributed by atoms with Crippen LogP contribution >= 0.6 is 0 Å². The third-order valence-electron chi connectivity index (χ3n) is 2.64. The van der Waals surface area contributed by atoms with Gasteiger partial charge in [-0.15, -0.1) is 0 Å². The van der Waals surface area contributed by atoms with E-state index >= 15 is 0 Å². The lowest BCUT2D eigenvalue weighted by atomic mass is 9.77. The van der Waals surface area contributed by atoms with Crippen molar-refractivity contribution in [3.05, 3.63) is 24.3 Å².